The number of likely N-dealkylation sites (N-methyl/N-ethyl adjacent to an activating group) is 1. The van der Waals surface area contributed by atoms with Crippen LogP contribution in [0, 0.1) is 6.92 Å². The van der Waals surface area contributed by atoms with E-state index in [1.807, 2.05) is 19.3 Å². The lowest BCUT2D eigenvalue weighted by atomic mass is 10.1. The van der Waals surface area contributed by atoms with Gasteiger partial charge in [-0.2, -0.15) is 0 Å². The molecule has 2 heterocycles. The molecule has 0 aliphatic carbocycles. The normalized spacial score (nSPS) is 12.9. The number of rotatable bonds is 5. The van der Waals surface area contributed by atoms with Gasteiger partial charge in [0.05, 0.1) is 21.5 Å². The Labute approximate surface area is 122 Å². The van der Waals surface area contributed by atoms with Crippen molar-refractivity contribution in [2.75, 3.05) is 6.54 Å². The second kappa shape index (κ2) is 5.77. The molecule has 0 radical (unpaired) electrons. The number of hydrogen-bond acceptors (Lipinski definition) is 4. The Morgan fingerprint density at radius 2 is 2.20 bits per heavy atom. The summed E-state index contributed by atoms with van der Waals surface area (Å²) in [5.74, 6) is 0.951. The van der Waals surface area contributed by atoms with E-state index in [4.69, 9.17) is 9.40 Å². The molecule has 0 bridgehead atoms. The predicted molar refractivity (Wildman–Crippen MR) is 83.2 cm³/mol. The zero-order valence-corrected chi connectivity index (χ0v) is 12.5. The number of nitrogens with one attached hydrogen (secondary N) is 1. The molecule has 0 saturated heterocycles. The van der Waals surface area contributed by atoms with Gasteiger partial charge in [0.15, 0.2) is 0 Å². The zero-order chi connectivity index (χ0) is 13.9. The van der Waals surface area contributed by atoms with Crippen molar-refractivity contribution in [2.24, 2.45) is 0 Å². The van der Waals surface area contributed by atoms with E-state index >= 15 is 0 Å². The minimum atomic E-state index is 0.262. The number of aryl methyl sites for hydroxylation is 1. The van der Waals surface area contributed by atoms with Crippen LogP contribution in [0.1, 0.15) is 29.3 Å². The Bertz CT molecular complexity index is 668. The minimum Gasteiger partial charge on any atom is -0.469 e. The van der Waals surface area contributed by atoms with Gasteiger partial charge in [-0.15, -0.1) is 11.3 Å². The SMILES string of the molecule is CCNC(Cc1nc2ccccc2s1)c1coc(C)c1. The first-order valence-electron chi connectivity index (χ1n) is 6.89. The van der Waals surface area contributed by atoms with Crippen molar-refractivity contribution in [3.63, 3.8) is 0 Å². The molecule has 1 atom stereocenters. The molecule has 0 aliphatic heterocycles. The highest BCUT2D eigenvalue weighted by Gasteiger charge is 2.15. The van der Waals surface area contributed by atoms with Gasteiger partial charge in [-0.05, 0) is 31.7 Å². The van der Waals surface area contributed by atoms with Crippen molar-refractivity contribution in [3.8, 4) is 0 Å². The van der Waals surface area contributed by atoms with Crippen molar-refractivity contribution in [1.29, 1.82) is 0 Å². The topological polar surface area (TPSA) is 38.1 Å². The van der Waals surface area contributed by atoms with E-state index in [0.717, 1.165) is 29.3 Å². The molecule has 104 valence electrons. The van der Waals surface area contributed by atoms with E-state index in [1.165, 1.54) is 10.3 Å². The molecule has 0 saturated carbocycles. The van der Waals surface area contributed by atoms with Gasteiger partial charge >= 0.3 is 0 Å². The number of thiazole rings is 1. The molecular formula is C16H18N2OS. The Morgan fingerprint density at radius 1 is 1.35 bits per heavy atom. The second-order valence-corrected chi connectivity index (χ2v) is 6.00. The smallest absolute Gasteiger partial charge is 0.101 e. The lowest BCUT2D eigenvalue weighted by Crippen LogP contribution is -2.22. The lowest BCUT2D eigenvalue weighted by Gasteiger charge is -2.14. The highest BCUT2D eigenvalue weighted by atomic mass is 32.1. The van der Waals surface area contributed by atoms with E-state index in [0.29, 0.717) is 0 Å². The molecule has 20 heavy (non-hydrogen) atoms. The van der Waals surface area contributed by atoms with Crippen LogP contribution in [-0.4, -0.2) is 11.5 Å². The molecule has 4 heteroatoms. The molecule has 0 fully saturated rings. The average Bonchev–Trinajstić information content (AvgIpc) is 3.03. The van der Waals surface area contributed by atoms with Gasteiger partial charge in [0.2, 0.25) is 0 Å². The molecule has 3 rings (SSSR count). The first kappa shape index (κ1) is 13.3. The van der Waals surface area contributed by atoms with Gasteiger partial charge in [-0.25, -0.2) is 4.98 Å². The molecule has 1 N–H and O–H groups in total. The molecule has 3 aromatic rings. The highest BCUT2D eigenvalue weighted by molar-refractivity contribution is 7.18. The maximum atomic E-state index is 5.43. The van der Waals surface area contributed by atoms with Crippen molar-refractivity contribution in [2.45, 2.75) is 26.3 Å². The summed E-state index contributed by atoms with van der Waals surface area (Å²) >= 11 is 1.77. The Kier molecular flexibility index (Phi) is 3.85. The summed E-state index contributed by atoms with van der Waals surface area (Å²) in [5, 5.41) is 4.67. The van der Waals surface area contributed by atoms with E-state index < -0.39 is 0 Å². The zero-order valence-electron chi connectivity index (χ0n) is 11.7. The number of aromatic nitrogens is 1. The molecule has 0 aliphatic rings. The van der Waals surface area contributed by atoms with Crippen LogP contribution >= 0.6 is 11.3 Å². The Balaban J connectivity index is 1.85. The quantitative estimate of drug-likeness (QED) is 0.767. The third kappa shape index (κ3) is 2.76. The van der Waals surface area contributed by atoms with E-state index in [9.17, 15) is 0 Å². The first-order chi connectivity index (χ1) is 9.76. The van der Waals surface area contributed by atoms with Gasteiger partial charge in [-0.1, -0.05) is 19.1 Å². The fourth-order valence-corrected chi connectivity index (χ4v) is 3.40. The predicted octanol–water partition coefficient (Wildman–Crippen LogP) is 4.09. The van der Waals surface area contributed by atoms with Crippen LogP contribution in [0.15, 0.2) is 41.0 Å². The Hall–Kier alpha value is -1.65. The number of benzene rings is 1. The number of fused-ring (bicyclic) bond motifs is 1. The van der Waals surface area contributed by atoms with Gasteiger partial charge in [0.25, 0.3) is 0 Å². The second-order valence-electron chi connectivity index (χ2n) is 4.88. The largest absolute Gasteiger partial charge is 0.469 e. The van der Waals surface area contributed by atoms with Gasteiger partial charge in [0, 0.05) is 18.0 Å². The molecule has 0 amide bonds. The van der Waals surface area contributed by atoms with Crippen molar-refractivity contribution in [1.82, 2.24) is 10.3 Å². The first-order valence-corrected chi connectivity index (χ1v) is 7.70. The minimum absolute atomic E-state index is 0.262. The van der Waals surface area contributed by atoms with Gasteiger partial charge in [0.1, 0.15) is 5.76 Å². The van der Waals surface area contributed by atoms with E-state index in [1.54, 1.807) is 11.3 Å². The fraction of sp³-hybridized carbons (Fsp3) is 0.312. The maximum absolute atomic E-state index is 5.43. The summed E-state index contributed by atoms with van der Waals surface area (Å²) in [5.41, 5.74) is 2.29. The van der Waals surface area contributed by atoms with Crippen molar-refractivity contribution < 1.29 is 4.42 Å². The van der Waals surface area contributed by atoms with Crippen LogP contribution in [0.3, 0.4) is 0 Å². The number of nitrogens with zero attached hydrogens (tertiary/aromatic N) is 1. The van der Waals surface area contributed by atoms with Crippen LogP contribution in [0.25, 0.3) is 10.2 Å². The fourth-order valence-electron chi connectivity index (χ4n) is 2.38. The molecule has 1 aromatic carbocycles. The third-order valence-electron chi connectivity index (χ3n) is 3.32. The van der Waals surface area contributed by atoms with Gasteiger partial charge in [-0.3, -0.25) is 0 Å². The van der Waals surface area contributed by atoms with E-state index in [-0.39, 0.29) is 6.04 Å². The summed E-state index contributed by atoms with van der Waals surface area (Å²) in [6.45, 7) is 5.03. The Morgan fingerprint density at radius 3 is 2.90 bits per heavy atom. The van der Waals surface area contributed by atoms with Crippen LogP contribution in [0.5, 0.6) is 0 Å². The summed E-state index contributed by atoms with van der Waals surface area (Å²) in [4.78, 5) is 4.71. The average molecular weight is 286 g/mol. The summed E-state index contributed by atoms with van der Waals surface area (Å²) in [7, 11) is 0. The molecule has 2 aromatic heterocycles. The lowest BCUT2D eigenvalue weighted by molar-refractivity contribution is 0.511. The standard InChI is InChI=1S/C16H18N2OS/c1-3-17-14(12-8-11(2)19-10-12)9-16-18-13-6-4-5-7-15(13)20-16/h4-8,10,14,17H,3,9H2,1-2H3. The van der Waals surface area contributed by atoms with Gasteiger partial charge < -0.3 is 9.73 Å². The van der Waals surface area contributed by atoms with Crippen molar-refractivity contribution in [3.05, 3.63) is 52.9 Å². The molecule has 3 nitrogen and oxygen atoms in total. The number of para-hydroxylation sites is 1. The van der Waals surface area contributed by atoms with Crippen LogP contribution in [0.4, 0.5) is 0 Å². The molecular weight excluding hydrogens is 268 g/mol. The number of furan rings is 1. The number of hydrogen-bond donors (Lipinski definition) is 1. The monoisotopic (exact) mass is 286 g/mol. The maximum Gasteiger partial charge on any atom is 0.101 e. The van der Waals surface area contributed by atoms with Crippen molar-refractivity contribution >= 4 is 21.6 Å². The summed E-state index contributed by atoms with van der Waals surface area (Å²) in [6.07, 6.45) is 2.74. The molecule has 1 unspecified atom stereocenters. The third-order valence-corrected chi connectivity index (χ3v) is 4.38. The highest BCUT2D eigenvalue weighted by Crippen LogP contribution is 2.26. The summed E-state index contributed by atoms with van der Waals surface area (Å²) < 4.78 is 6.68. The molecule has 0 spiro atoms. The van der Waals surface area contributed by atoms with Crippen LogP contribution in [0.2, 0.25) is 0 Å². The van der Waals surface area contributed by atoms with Crippen LogP contribution < -0.4 is 5.32 Å². The summed E-state index contributed by atoms with van der Waals surface area (Å²) in [6, 6.07) is 10.7. The van der Waals surface area contributed by atoms with Crippen LogP contribution in [-0.2, 0) is 6.42 Å². The van der Waals surface area contributed by atoms with E-state index in [2.05, 4.69) is 36.5 Å².